The van der Waals surface area contributed by atoms with E-state index in [1.807, 2.05) is 0 Å². The highest BCUT2D eigenvalue weighted by Gasteiger charge is 2.17. The van der Waals surface area contributed by atoms with E-state index in [0.29, 0.717) is 0 Å². The number of halogens is 1. The lowest BCUT2D eigenvalue weighted by Gasteiger charge is -2.06. The maximum Gasteiger partial charge on any atom is 0.292 e. The number of nitrogens with zero attached hydrogens (tertiary/aromatic N) is 3. The first-order chi connectivity index (χ1) is 8.90. The van der Waals surface area contributed by atoms with Gasteiger partial charge in [0.05, 0.1) is 4.92 Å². The van der Waals surface area contributed by atoms with E-state index in [0.717, 1.165) is 6.07 Å². The maximum absolute atomic E-state index is 13.8. The van der Waals surface area contributed by atoms with E-state index in [1.54, 1.807) is 0 Å². The average molecular weight is 264 g/mol. The number of hydrogen-bond acceptors (Lipinski definition) is 7. The molecule has 0 saturated heterocycles. The lowest BCUT2D eigenvalue weighted by atomic mass is 10.1. The van der Waals surface area contributed by atoms with Crippen molar-refractivity contribution in [2.75, 3.05) is 17.2 Å². The predicted molar refractivity (Wildman–Crippen MR) is 67.3 cm³/mol. The van der Waals surface area contributed by atoms with Gasteiger partial charge in [-0.05, 0) is 12.1 Å². The zero-order valence-corrected chi connectivity index (χ0v) is 9.50. The fraction of sp³-hybridized carbons (Fsp3) is 0. The fourth-order valence-electron chi connectivity index (χ4n) is 1.54. The van der Waals surface area contributed by atoms with Crippen LogP contribution in [-0.2, 0) is 0 Å². The molecule has 0 spiro atoms. The molecule has 0 radical (unpaired) electrons. The van der Waals surface area contributed by atoms with E-state index in [2.05, 4.69) is 9.97 Å². The number of hydrogen-bond donors (Lipinski definition) is 3. The third-order valence-electron chi connectivity index (χ3n) is 2.39. The first-order valence-corrected chi connectivity index (χ1v) is 5.03. The molecule has 2 aromatic rings. The van der Waals surface area contributed by atoms with Crippen LogP contribution < -0.4 is 17.2 Å². The predicted octanol–water partition coefficient (Wildman–Crippen LogP) is 0.938. The highest BCUT2D eigenvalue weighted by atomic mass is 19.1. The molecular weight excluding hydrogens is 255 g/mol. The van der Waals surface area contributed by atoms with E-state index in [1.165, 1.54) is 12.1 Å². The second kappa shape index (κ2) is 4.37. The summed E-state index contributed by atoms with van der Waals surface area (Å²) in [5.41, 5.74) is 15.9. The summed E-state index contributed by atoms with van der Waals surface area (Å²) >= 11 is 0. The second-order valence-electron chi connectivity index (χ2n) is 3.66. The molecule has 1 heterocycles. The molecular formula is C10H9FN6O2. The molecule has 19 heavy (non-hydrogen) atoms. The summed E-state index contributed by atoms with van der Waals surface area (Å²) in [5.74, 6) is -1.47. The van der Waals surface area contributed by atoms with Crippen LogP contribution in [0.3, 0.4) is 0 Å². The van der Waals surface area contributed by atoms with Gasteiger partial charge in [-0.1, -0.05) is 0 Å². The summed E-state index contributed by atoms with van der Waals surface area (Å²) in [5, 5.41) is 10.6. The third-order valence-corrected chi connectivity index (χ3v) is 2.39. The number of anilines is 3. The van der Waals surface area contributed by atoms with Crippen LogP contribution in [0.2, 0.25) is 0 Å². The van der Waals surface area contributed by atoms with E-state index in [9.17, 15) is 14.5 Å². The smallest absolute Gasteiger partial charge is 0.292 e. The van der Waals surface area contributed by atoms with Gasteiger partial charge in [-0.15, -0.1) is 0 Å². The minimum Gasteiger partial charge on any atom is -0.393 e. The van der Waals surface area contributed by atoms with Crippen LogP contribution >= 0.6 is 0 Å². The van der Waals surface area contributed by atoms with Gasteiger partial charge in [-0.3, -0.25) is 10.1 Å². The molecule has 1 aromatic heterocycles. The van der Waals surface area contributed by atoms with Crippen molar-refractivity contribution in [3.8, 4) is 11.3 Å². The molecule has 98 valence electrons. The van der Waals surface area contributed by atoms with E-state index < -0.39 is 16.6 Å². The Morgan fingerprint density at radius 3 is 2.47 bits per heavy atom. The molecule has 0 aliphatic carbocycles. The minimum atomic E-state index is -0.859. The van der Waals surface area contributed by atoms with Crippen LogP contribution in [0.25, 0.3) is 11.3 Å². The molecule has 0 fully saturated rings. The van der Waals surface area contributed by atoms with Gasteiger partial charge in [-0.25, -0.2) is 9.37 Å². The second-order valence-corrected chi connectivity index (χ2v) is 3.66. The van der Waals surface area contributed by atoms with Crippen molar-refractivity contribution in [2.24, 2.45) is 0 Å². The first-order valence-electron chi connectivity index (χ1n) is 5.03. The molecule has 0 atom stereocenters. The summed E-state index contributed by atoms with van der Waals surface area (Å²) in [4.78, 5) is 17.2. The molecule has 0 unspecified atom stereocenters. The van der Waals surface area contributed by atoms with Crippen molar-refractivity contribution in [3.63, 3.8) is 0 Å². The molecule has 9 heteroatoms. The third kappa shape index (κ3) is 2.20. The quantitative estimate of drug-likeness (QED) is 0.415. The van der Waals surface area contributed by atoms with E-state index in [-0.39, 0.29) is 28.6 Å². The minimum absolute atomic E-state index is 0.113. The van der Waals surface area contributed by atoms with Crippen molar-refractivity contribution in [2.45, 2.75) is 0 Å². The summed E-state index contributed by atoms with van der Waals surface area (Å²) in [6.45, 7) is 0. The van der Waals surface area contributed by atoms with Gasteiger partial charge < -0.3 is 17.2 Å². The molecule has 0 aliphatic rings. The summed E-state index contributed by atoms with van der Waals surface area (Å²) in [6.07, 6.45) is 0. The Hall–Kier alpha value is -2.97. The molecule has 0 amide bonds. The number of nitrogens with two attached hydrogens (primary N) is 3. The van der Waals surface area contributed by atoms with Crippen LogP contribution in [0.5, 0.6) is 0 Å². The Labute approximate surface area is 106 Å². The molecule has 0 aliphatic heterocycles. The van der Waals surface area contributed by atoms with Gasteiger partial charge in [0.15, 0.2) is 11.6 Å². The number of nitro benzene ring substituents is 1. The Bertz CT molecular complexity index is 675. The van der Waals surface area contributed by atoms with Gasteiger partial charge in [0.1, 0.15) is 11.4 Å². The lowest BCUT2D eigenvalue weighted by molar-refractivity contribution is -0.383. The summed E-state index contributed by atoms with van der Waals surface area (Å²) < 4.78 is 13.8. The average Bonchev–Trinajstić information content (AvgIpc) is 2.33. The fourth-order valence-corrected chi connectivity index (χ4v) is 1.54. The highest BCUT2D eigenvalue weighted by molar-refractivity contribution is 5.72. The standard InChI is InChI=1S/C10H9FN6O2/c11-7-8(15-10(14)16-9(7)13)4-1-2-6(17(18)19)5(12)3-4/h1-3H,12H2,(H4,13,14,15,16). The molecule has 1 aromatic carbocycles. The van der Waals surface area contributed by atoms with Crippen LogP contribution in [0, 0.1) is 15.9 Å². The number of rotatable bonds is 2. The van der Waals surface area contributed by atoms with E-state index >= 15 is 0 Å². The van der Waals surface area contributed by atoms with Crippen LogP contribution in [-0.4, -0.2) is 14.9 Å². The molecule has 2 rings (SSSR count). The van der Waals surface area contributed by atoms with Gasteiger partial charge in [-0.2, -0.15) is 4.98 Å². The van der Waals surface area contributed by atoms with Crippen molar-refractivity contribution in [1.82, 2.24) is 9.97 Å². The Kier molecular flexibility index (Phi) is 2.87. The lowest BCUT2D eigenvalue weighted by Crippen LogP contribution is -2.05. The monoisotopic (exact) mass is 264 g/mol. The molecule has 0 bridgehead atoms. The number of benzene rings is 1. The Morgan fingerprint density at radius 2 is 1.89 bits per heavy atom. The highest BCUT2D eigenvalue weighted by Crippen LogP contribution is 2.30. The SMILES string of the molecule is Nc1nc(N)c(F)c(-c2ccc([N+](=O)[O-])c(N)c2)n1. The topological polar surface area (TPSA) is 147 Å². The Morgan fingerprint density at radius 1 is 1.21 bits per heavy atom. The van der Waals surface area contributed by atoms with Crippen molar-refractivity contribution in [1.29, 1.82) is 0 Å². The van der Waals surface area contributed by atoms with Crippen LogP contribution in [0.1, 0.15) is 0 Å². The Balaban J connectivity index is 2.60. The van der Waals surface area contributed by atoms with Crippen molar-refractivity contribution < 1.29 is 9.31 Å². The summed E-state index contributed by atoms with van der Waals surface area (Å²) in [7, 11) is 0. The van der Waals surface area contributed by atoms with Crippen LogP contribution in [0.4, 0.5) is 27.5 Å². The number of nitro groups is 1. The van der Waals surface area contributed by atoms with Crippen molar-refractivity contribution in [3.05, 3.63) is 34.1 Å². The first kappa shape index (κ1) is 12.5. The largest absolute Gasteiger partial charge is 0.393 e. The van der Waals surface area contributed by atoms with Gasteiger partial charge in [0.25, 0.3) is 5.69 Å². The summed E-state index contributed by atoms with van der Waals surface area (Å²) in [6, 6.07) is 3.68. The molecule has 0 saturated carbocycles. The van der Waals surface area contributed by atoms with Crippen molar-refractivity contribution >= 4 is 23.1 Å². The number of aromatic nitrogens is 2. The van der Waals surface area contributed by atoms with Gasteiger partial charge in [0, 0.05) is 11.6 Å². The molecule has 8 nitrogen and oxygen atoms in total. The van der Waals surface area contributed by atoms with Gasteiger partial charge >= 0.3 is 0 Å². The molecule has 6 N–H and O–H groups in total. The number of nitrogen functional groups attached to an aromatic ring is 3. The zero-order valence-electron chi connectivity index (χ0n) is 9.50. The normalized spacial score (nSPS) is 10.4. The zero-order chi connectivity index (χ0) is 14.2. The van der Waals surface area contributed by atoms with Gasteiger partial charge in [0.2, 0.25) is 5.95 Å². The van der Waals surface area contributed by atoms with Crippen LogP contribution in [0.15, 0.2) is 18.2 Å². The maximum atomic E-state index is 13.8. The van der Waals surface area contributed by atoms with E-state index in [4.69, 9.17) is 17.2 Å².